The first kappa shape index (κ1) is 12.2. The van der Waals surface area contributed by atoms with Crippen molar-refractivity contribution in [3.63, 3.8) is 0 Å². The van der Waals surface area contributed by atoms with Crippen molar-refractivity contribution in [3.8, 4) is 0 Å². The van der Waals surface area contributed by atoms with E-state index >= 15 is 0 Å². The number of anilines is 2. The quantitative estimate of drug-likeness (QED) is 0.404. The highest BCUT2D eigenvalue weighted by Gasteiger charge is 2.03. The standard InChI is InChI=1S/C9H16N6O/c1-6(2)14-9(16)4-11-7-3-8(15-10)13-5-12-7/h3,5-6H,4,10H2,1-2H3,(H,14,16)(H2,11,12,13,15). The molecule has 7 heteroatoms. The molecule has 1 heterocycles. The minimum atomic E-state index is -0.0872. The Balaban J connectivity index is 2.45. The molecule has 5 N–H and O–H groups in total. The van der Waals surface area contributed by atoms with E-state index in [0.29, 0.717) is 11.6 Å². The maximum absolute atomic E-state index is 11.3. The molecule has 7 nitrogen and oxygen atoms in total. The van der Waals surface area contributed by atoms with Crippen molar-refractivity contribution >= 4 is 17.5 Å². The van der Waals surface area contributed by atoms with Crippen LogP contribution >= 0.6 is 0 Å². The molecular formula is C9H16N6O. The Morgan fingerprint density at radius 1 is 1.44 bits per heavy atom. The van der Waals surface area contributed by atoms with Crippen LogP contribution in [0.25, 0.3) is 0 Å². The van der Waals surface area contributed by atoms with Gasteiger partial charge in [-0.2, -0.15) is 0 Å². The second-order valence-electron chi connectivity index (χ2n) is 3.51. The van der Waals surface area contributed by atoms with Crippen molar-refractivity contribution in [3.05, 3.63) is 12.4 Å². The average molecular weight is 224 g/mol. The molecule has 0 aliphatic carbocycles. The lowest BCUT2D eigenvalue weighted by atomic mass is 10.4. The maximum Gasteiger partial charge on any atom is 0.239 e. The monoisotopic (exact) mass is 224 g/mol. The Bertz CT molecular complexity index is 354. The van der Waals surface area contributed by atoms with E-state index in [2.05, 4.69) is 26.0 Å². The average Bonchev–Trinajstić information content (AvgIpc) is 2.26. The first-order valence-electron chi connectivity index (χ1n) is 4.93. The Labute approximate surface area is 93.8 Å². The first-order chi connectivity index (χ1) is 7.61. The van der Waals surface area contributed by atoms with E-state index in [0.717, 1.165) is 0 Å². The fourth-order valence-electron chi connectivity index (χ4n) is 1.08. The number of hydrogen-bond donors (Lipinski definition) is 4. The molecule has 0 radical (unpaired) electrons. The van der Waals surface area contributed by atoms with Crippen LogP contribution in [-0.4, -0.2) is 28.5 Å². The number of hydrogen-bond acceptors (Lipinski definition) is 6. The predicted octanol–water partition coefficient (Wildman–Crippen LogP) is -0.301. The topological polar surface area (TPSA) is 105 Å². The van der Waals surface area contributed by atoms with Crippen molar-refractivity contribution in [1.29, 1.82) is 0 Å². The van der Waals surface area contributed by atoms with Gasteiger partial charge < -0.3 is 16.1 Å². The van der Waals surface area contributed by atoms with Gasteiger partial charge in [-0.1, -0.05) is 0 Å². The lowest BCUT2D eigenvalue weighted by molar-refractivity contribution is -0.119. The Kier molecular flexibility index (Phi) is 4.46. The summed E-state index contributed by atoms with van der Waals surface area (Å²) < 4.78 is 0. The molecule has 0 bridgehead atoms. The van der Waals surface area contributed by atoms with Crippen LogP contribution < -0.4 is 21.9 Å². The number of carbonyl (C=O) groups excluding carboxylic acids is 1. The third-order valence-corrected chi connectivity index (χ3v) is 1.69. The van der Waals surface area contributed by atoms with E-state index in [4.69, 9.17) is 5.84 Å². The number of nitrogens with two attached hydrogens (primary N) is 1. The third kappa shape index (κ3) is 4.09. The van der Waals surface area contributed by atoms with Gasteiger partial charge in [-0.3, -0.25) is 4.79 Å². The van der Waals surface area contributed by atoms with Gasteiger partial charge in [0.05, 0.1) is 6.54 Å². The summed E-state index contributed by atoms with van der Waals surface area (Å²) in [6.45, 7) is 3.97. The molecule has 1 aromatic rings. The highest BCUT2D eigenvalue weighted by atomic mass is 16.1. The van der Waals surface area contributed by atoms with Gasteiger partial charge in [-0.25, -0.2) is 15.8 Å². The minimum Gasteiger partial charge on any atom is -0.361 e. The normalized spacial score (nSPS) is 10.0. The van der Waals surface area contributed by atoms with Crippen molar-refractivity contribution in [2.24, 2.45) is 5.84 Å². The number of rotatable bonds is 5. The van der Waals surface area contributed by atoms with Gasteiger partial charge in [0.1, 0.15) is 18.0 Å². The number of hydrazine groups is 1. The van der Waals surface area contributed by atoms with Gasteiger partial charge in [0.15, 0.2) is 0 Å². The van der Waals surface area contributed by atoms with Gasteiger partial charge in [0.2, 0.25) is 5.91 Å². The van der Waals surface area contributed by atoms with E-state index in [1.165, 1.54) is 6.33 Å². The van der Waals surface area contributed by atoms with Gasteiger partial charge in [-0.05, 0) is 13.8 Å². The number of carbonyl (C=O) groups is 1. The lowest BCUT2D eigenvalue weighted by Crippen LogP contribution is -2.35. The van der Waals surface area contributed by atoms with E-state index < -0.39 is 0 Å². The summed E-state index contributed by atoms with van der Waals surface area (Å²) in [6, 6.07) is 1.74. The summed E-state index contributed by atoms with van der Waals surface area (Å²) in [5.74, 6) is 6.14. The Hall–Kier alpha value is -1.89. The highest BCUT2D eigenvalue weighted by Crippen LogP contribution is 2.05. The number of aromatic nitrogens is 2. The largest absolute Gasteiger partial charge is 0.361 e. The molecule has 0 unspecified atom stereocenters. The fraction of sp³-hybridized carbons (Fsp3) is 0.444. The van der Waals surface area contributed by atoms with E-state index in [1.807, 2.05) is 13.8 Å². The smallest absolute Gasteiger partial charge is 0.239 e. The summed E-state index contributed by atoms with van der Waals surface area (Å²) in [7, 11) is 0. The molecule has 0 aromatic carbocycles. The molecule has 0 aliphatic rings. The molecule has 88 valence electrons. The molecule has 0 spiro atoms. The molecular weight excluding hydrogens is 208 g/mol. The van der Waals surface area contributed by atoms with Gasteiger partial charge in [0.25, 0.3) is 0 Å². The minimum absolute atomic E-state index is 0.0872. The van der Waals surface area contributed by atoms with Gasteiger partial charge in [-0.15, -0.1) is 0 Å². The summed E-state index contributed by atoms with van der Waals surface area (Å²) in [6.07, 6.45) is 1.36. The van der Waals surface area contributed by atoms with E-state index in [1.54, 1.807) is 6.07 Å². The zero-order chi connectivity index (χ0) is 12.0. The zero-order valence-electron chi connectivity index (χ0n) is 9.32. The van der Waals surface area contributed by atoms with Gasteiger partial charge >= 0.3 is 0 Å². The van der Waals surface area contributed by atoms with Crippen LogP contribution in [0, 0.1) is 0 Å². The number of amides is 1. The van der Waals surface area contributed by atoms with Crippen molar-refractivity contribution in [2.45, 2.75) is 19.9 Å². The second-order valence-corrected chi connectivity index (χ2v) is 3.51. The summed E-state index contributed by atoms with van der Waals surface area (Å²) in [5, 5.41) is 5.62. The van der Waals surface area contributed by atoms with Crippen LogP contribution in [0.15, 0.2) is 12.4 Å². The number of nitrogens with one attached hydrogen (secondary N) is 3. The second kappa shape index (κ2) is 5.86. The molecule has 0 fully saturated rings. The fourth-order valence-corrected chi connectivity index (χ4v) is 1.08. The van der Waals surface area contributed by atoms with Crippen LogP contribution in [-0.2, 0) is 4.79 Å². The molecule has 0 saturated carbocycles. The van der Waals surface area contributed by atoms with Gasteiger partial charge in [0, 0.05) is 12.1 Å². The van der Waals surface area contributed by atoms with Crippen LogP contribution in [0.5, 0.6) is 0 Å². The maximum atomic E-state index is 11.3. The van der Waals surface area contributed by atoms with Crippen molar-refractivity contribution < 1.29 is 4.79 Å². The molecule has 1 amide bonds. The van der Waals surface area contributed by atoms with Crippen LogP contribution in [0.1, 0.15) is 13.8 Å². The summed E-state index contributed by atoms with van der Waals surface area (Å²) >= 11 is 0. The summed E-state index contributed by atoms with van der Waals surface area (Å²) in [4.78, 5) is 19.1. The third-order valence-electron chi connectivity index (χ3n) is 1.69. The van der Waals surface area contributed by atoms with E-state index in [-0.39, 0.29) is 18.5 Å². The SMILES string of the molecule is CC(C)NC(=O)CNc1cc(NN)ncn1. The van der Waals surface area contributed by atoms with Crippen LogP contribution in [0.2, 0.25) is 0 Å². The Morgan fingerprint density at radius 2 is 2.12 bits per heavy atom. The zero-order valence-corrected chi connectivity index (χ0v) is 9.32. The molecule has 0 aliphatic heterocycles. The van der Waals surface area contributed by atoms with Crippen LogP contribution in [0.4, 0.5) is 11.6 Å². The molecule has 1 aromatic heterocycles. The molecule has 1 rings (SSSR count). The number of nitrogens with zero attached hydrogens (tertiary/aromatic N) is 2. The van der Waals surface area contributed by atoms with Crippen molar-refractivity contribution in [2.75, 3.05) is 17.3 Å². The summed E-state index contributed by atoms with van der Waals surface area (Å²) in [5.41, 5.74) is 2.40. The lowest BCUT2D eigenvalue weighted by Gasteiger charge is -2.09. The van der Waals surface area contributed by atoms with Crippen LogP contribution in [0.3, 0.4) is 0 Å². The first-order valence-corrected chi connectivity index (χ1v) is 4.93. The molecule has 0 saturated heterocycles. The highest BCUT2D eigenvalue weighted by molar-refractivity contribution is 5.80. The molecule has 16 heavy (non-hydrogen) atoms. The predicted molar refractivity (Wildman–Crippen MR) is 61.6 cm³/mol. The van der Waals surface area contributed by atoms with Crippen molar-refractivity contribution in [1.82, 2.24) is 15.3 Å². The Morgan fingerprint density at radius 3 is 2.75 bits per heavy atom. The molecule has 0 atom stereocenters. The van der Waals surface area contributed by atoms with E-state index in [9.17, 15) is 4.79 Å². The number of nitrogen functional groups attached to an aromatic ring is 1.